The van der Waals surface area contributed by atoms with Crippen LogP contribution in [0.1, 0.15) is 24.1 Å². The molecule has 0 bridgehead atoms. The normalized spacial score (nSPS) is 14.8. The lowest BCUT2D eigenvalue weighted by molar-refractivity contribution is -0.140. The molecule has 0 saturated heterocycles. The van der Waals surface area contributed by atoms with E-state index in [1.807, 2.05) is 73.7 Å². The number of allylic oxidation sites excluding steroid dienone is 1. The molecule has 184 valence electrons. The topological polar surface area (TPSA) is 91.2 Å². The van der Waals surface area contributed by atoms with Crippen LogP contribution in [0, 0.1) is 0 Å². The van der Waals surface area contributed by atoms with Gasteiger partial charge in [0.2, 0.25) is 5.95 Å². The van der Waals surface area contributed by atoms with E-state index in [4.69, 9.17) is 9.47 Å². The molecule has 1 N–H and O–H groups in total. The number of methoxy groups -OCH3 is 1. The lowest BCUT2D eigenvalue weighted by Gasteiger charge is -2.28. The Bertz CT molecular complexity index is 1620. The van der Waals surface area contributed by atoms with E-state index in [1.54, 1.807) is 23.1 Å². The van der Waals surface area contributed by atoms with Crippen molar-refractivity contribution in [1.29, 1.82) is 0 Å². The van der Waals surface area contributed by atoms with Crippen molar-refractivity contribution in [2.45, 2.75) is 19.6 Å². The number of carbonyl (C=O) groups is 1. The molecule has 0 spiro atoms. The second-order valence-electron chi connectivity index (χ2n) is 8.64. The fourth-order valence-electron chi connectivity index (χ4n) is 4.64. The Labute approximate surface area is 217 Å². The number of nitrogens with one attached hydrogen (secondary N) is 1. The quantitative estimate of drug-likeness (QED) is 0.298. The number of benzene rings is 3. The number of tetrazole rings is 1. The number of aromatic nitrogens is 4. The highest BCUT2D eigenvalue weighted by molar-refractivity contribution is 7.22. The maximum atomic E-state index is 13.7. The van der Waals surface area contributed by atoms with E-state index in [9.17, 15) is 4.79 Å². The molecule has 0 amide bonds. The van der Waals surface area contributed by atoms with E-state index in [0.717, 1.165) is 37.4 Å². The van der Waals surface area contributed by atoms with Crippen molar-refractivity contribution in [1.82, 2.24) is 20.2 Å². The number of carbonyl (C=O) groups excluding carboxylic acids is 1. The molecule has 3 aromatic carbocycles. The van der Waals surface area contributed by atoms with Crippen LogP contribution >= 0.6 is 11.3 Å². The molecular formula is C28H23N5O3S. The molecule has 0 aliphatic carbocycles. The van der Waals surface area contributed by atoms with Gasteiger partial charge in [0.1, 0.15) is 18.4 Å². The summed E-state index contributed by atoms with van der Waals surface area (Å²) >= 11 is 1.67. The number of fused-ring (bicyclic) bond motifs is 2. The summed E-state index contributed by atoms with van der Waals surface area (Å²) in [4.78, 5) is 14.7. The van der Waals surface area contributed by atoms with Crippen LogP contribution in [0.15, 0.2) is 90.1 Å². The summed E-state index contributed by atoms with van der Waals surface area (Å²) < 4.78 is 13.9. The van der Waals surface area contributed by atoms with Crippen molar-refractivity contribution >= 4 is 33.3 Å². The number of ether oxygens (including phenoxy) is 2. The zero-order valence-corrected chi connectivity index (χ0v) is 21.0. The van der Waals surface area contributed by atoms with Gasteiger partial charge in [0.05, 0.1) is 12.7 Å². The van der Waals surface area contributed by atoms with Crippen LogP contribution in [0.3, 0.4) is 0 Å². The van der Waals surface area contributed by atoms with Gasteiger partial charge < -0.3 is 14.8 Å². The van der Waals surface area contributed by atoms with Gasteiger partial charge in [-0.1, -0.05) is 53.6 Å². The Morgan fingerprint density at radius 1 is 1.03 bits per heavy atom. The summed E-state index contributed by atoms with van der Waals surface area (Å²) in [6, 6.07) is 25.1. The Hall–Kier alpha value is -4.50. The highest BCUT2D eigenvalue weighted by Gasteiger charge is 2.38. The van der Waals surface area contributed by atoms with Crippen molar-refractivity contribution < 1.29 is 14.3 Å². The third kappa shape index (κ3) is 4.13. The summed E-state index contributed by atoms with van der Waals surface area (Å²) in [5.41, 5.74) is 4.00. The van der Waals surface area contributed by atoms with Gasteiger partial charge in [0.15, 0.2) is 0 Å². The summed E-state index contributed by atoms with van der Waals surface area (Å²) in [6.07, 6.45) is 0. The molecule has 1 atom stereocenters. The fraction of sp³-hybridized carbons (Fsp3) is 0.143. The molecular weight excluding hydrogens is 486 g/mol. The number of hydrogen-bond donors (Lipinski definition) is 1. The minimum Gasteiger partial charge on any atom is -0.497 e. The minimum atomic E-state index is -0.581. The number of thiophene rings is 1. The van der Waals surface area contributed by atoms with Crippen LogP contribution in [0.5, 0.6) is 5.75 Å². The molecule has 6 rings (SSSR count). The minimum absolute atomic E-state index is 0.168. The number of esters is 1. The smallest absolute Gasteiger partial charge is 0.338 e. The Balaban J connectivity index is 1.51. The second kappa shape index (κ2) is 9.51. The Morgan fingerprint density at radius 3 is 2.57 bits per heavy atom. The largest absolute Gasteiger partial charge is 0.497 e. The van der Waals surface area contributed by atoms with Crippen molar-refractivity contribution in [2.75, 3.05) is 12.4 Å². The van der Waals surface area contributed by atoms with Gasteiger partial charge in [-0.05, 0) is 64.2 Å². The van der Waals surface area contributed by atoms with Gasteiger partial charge in [-0.2, -0.15) is 4.68 Å². The molecule has 1 unspecified atom stereocenters. The fourth-order valence-corrected chi connectivity index (χ4v) is 5.88. The van der Waals surface area contributed by atoms with Gasteiger partial charge in [-0.15, -0.1) is 11.3 Å². The van der Waals surface area contributed by atoms with E-state index in [0.29, 0.717) is 17.2 Å². The second-order valence-corrected chi connectivity index (χ2v) is 9.70. The highest BCUT2D eigenvalue weighted by Crippen LogP contribution is 2.47. The molecule has 0 fully saturated rings. The van der Waals surface area contributed by atoms with E-state index in [-0.39, 0.29) is 6.61 Å². The van der Waals surface area contributed by atoms with E-state index < -0.39 is 12.0 Å². The maximum Gasteiger partial charge on any atom is 0.338 e. The third-order valence-corrected chi connectivity index (χ3v) is 7.64. The van der Waals surface area contributed by atoms with Gasteiger partial charge in [0.25, 0.3) is 0 Å². The Kier molecular flexibility index (Phi) is 5.90. The molecule has 1 aliphatic heterocycles. The van der Waals surface area contributed by atoms with Crippen molar-refractivity contribution in [3.05, 3.63) is 101 Å². The summed E-state index contributed by atoms with van der Waals surface area (Å²) in [5.74, 6) is 0.825. The number of rotatable bonds is 6. The van der Waals surface area contributed by atoms with E-state index in [2.05, 4.69) is 33.0 Å². The predicted molar refractivity (Wildman–Crippen MR) is 142 cm³/mol. The van der Waals surface area contributed by atoms with Crippen LogP contribution < -0.4 is 10.1 Å². The molecule has 37 heavy (non-hydrogen) atoms. The first-order valence-corrected chi connectivity index (χ1v) is 12.6. The van der Waals surface area contributed by atoms with Gasteiger partial charge in [-0.25, -0.2) is 4.79 Å². The van der Waals surface area contributed by atoms with Crippen LogP contribution in [0.2, 0.25) is 0 Å². The van der Waals surface area contributed by atoms with Gasteiger partial charge in [-0.3, -0.25) is 0 Å². The molecule has 0 saturated carbocycles. The van der Waals surface area contributed by atoms with Crippen LogP contribution in [-0.4, -0.2) is 33.3 Å². The zero-order valence-electron chi connectivity index (χ0n) is 20.2. The molecule has 8 nitrogen and oxygen atoms in total. The van der Waals surface area contributed by atoms with Crippen molar-refractivity contribution in [3.8, 4) is 16.2 Å². The number of anilines is 1. The van der Waals surface area contributed by atoms with E-state index in [1.165, 1.54) is 0 Å². The van der Waals surface area contributed by atoms with Gasteiger partial charge >= 0.3 is 5.97 Å². The summed E-state index contributed by atoms with van der Waals surface area (Å²) in [6.45, 7) is 2.02. The lowest BCUT2D eigenvalue weighted by atomic mass is 9.91. The SMILES string of the molecule is COc1ccc(-c2sc3ccccc3c2C2C(C(=O)OCc3ccccc3)=C(C)Nc3nnnn32)cc1. The monoisotopic (exact) mass is 509 g/mol. The highest BCUT2D eigenvalue weighted by atomic mass is 32.1. The maximum absolute atomic E-state index is 13.7. The summed E-state index contributed by atoms with van der Waals surface area (Å²) in [7, 11) is 1.65. The lowest BCUT2D eigenvalue weighted by Crippen LogP contribution is -2.29. The van der Waals surface area contributed by atoms with Crippen LogP contribution in [0.4, 0.5) is 5.95 Å². The van der Waals surface area contributed by atoms with Crippen LogP contribution in [0.25, 0.3) is 20.5 Å². The predicted octanol–water partition coefficient (Wildman–Crippen LogP) is 5.60. The zero-order chi connectivity index (χ0) is 25.4. The average molecular weight is 510 g/mol. The molecule has 0 radical (unpaired) electrons. The first kappa shape index (κ1) is 22.9. The number of hydrogen-bond acceptors (Lipinski definition) is 8. The van der Waals surface area contributed by atoms with Crippen molar-refractivity contribution in [3.63, 3.8) is 0 Å². The molecule has 3 heterocycles. The number of nitrogens with zero attached hydrogens (tertiary/aromatic N) is 4. The van der Waals surface area contributed by atoms with Crippen LogP contribution in [-0.2, 0) is 16.1 Å². The first-order chi connectivity index (χ1) is 18.1. The van der Waals surface area contributed by atoms with E-state index >= 15 is 0 Å². The Morgan fingerprint density at radius 2 is 1.78 bits per heavy atom. The average Bonchev–Trinajstić information content (AvgIpc) is 3.56. The molecule has 2 aromatic heterocycles. The third-order valence-electron chi connectivity index (χ3n) is 6.41. The molecule has 5 aromatic rings. The first-order valence-electron chi connectivity index (χ1n) is 11.8. The molecule has 9 heteroatoms. The van der Waals surface area contributed by atoms with Crippen molar-refractivity contribution in [2.24, 2.45) is 0 Å². The molecule has 1 aliphatic rings. The van der Waals surface area contributed by atoms with Gasteiger partial charge in [0, 0.05) is 20.8 Å². The summed E-state index contributed by atoms with van der Waals surface area (Å²) in [5, 5.41) is 16.5. The standard InChI is InChI=1S/C28H23N5O3S/c1-17-23(27(34)36-16-18-8-4-3-5-9-18)25(33-28(29-17)30-31-32-33)24-21-10-6-7-11-22(21)37-26(24)19-12-14-20(35-2)15-13-19/h3-15,25H,16H2,1-2H3,(H,29,30,32).